The number of anilines is 1. The first kappa shape index (κ1) is 27.1. The number of ether oxygens (including phenoxy) is 1. The van der Waals surface area contributed by atoms with Crippen LogP contribution in [0.4, 0.5) is 19.3 Å². The van der Waals surface area contributed by atoms with Gasteiger partial charge in [-0.3, -0.25) is 4.72 Å². The molecule has 0 aliphatic rings. The van der Waals surface area contributed by atoms with Crippen LogP contribution in [0.3, 0.4) is 0 Å². The molecule has 3 rings (SSSR count). The summed E-state index contributed by atoms with van der Waals surface area (Å²) in [5.74, 6) is -2.33. The first-order valence-electron chi connectivity index (χ1n) is 10.9. The lowest BCUT2D eigenvalue weighted by Crippen LogP contribution is -2.25. The lowest BCUT2D eigenvalue weighted by molar-refractivity contribution is 0.170. The molecule has 0 bridgehead atoms. The third-order valence-electron chi connectivity index (χ3n) is 5.30. The summed E-state index contributed by atoms with van der Waals surface area (Å²) in [6, 6.07) is 6.39. The molecule has 2 aromatic carbocycles. The molecule has 0 unspecified atom stereocenters. The molecule has 0 saturated heterocycles. The third kappa shape index (κ3) is 6.00. The van der Waals surface area contributed by atoms with Crippen LogP contribution in [0, 0.1) is 11.6 Å². The number of halogens is 2. The van der Waals surface area contributed by atoms with Crippen LogP contribution in [0.25, 0.3) is 11.0 Å². The molecular formula is C24H27F2N3O6S. The summed E-state index contributed by atoms with van der Waals surface area (Å²) in [5.41, 5.74) is -0.497. The zero-order valence-electron chi connectivity index (χ0n) is 20.5. The zero-order valence-corrected chi connectivity index (χ0v) is 21.3. The monoisotopic (exact) mass is 523 g/mol. The molecule has 0 saturated carbocycles. The van der Waals surface area contributed by atoms with Gasteiger partial charge < -0.3 is 19.0 Å². The van der Waals surface area contributed by atoms with Crippen molar-refractivity contribution in [3.05, 3.63) is 69.1 Å². The second-order valence-corrected chi connectivity index (χ2v) is 10.6. The largest absolute Gasteiger partial charge is 0.422 e. The number of benzene rings is 2. The summed E-state index contributed by atoms with van der Waals surface area (Å²) in [7, 11) is 2.63. The Bertz CT molecular complexity index is 1470. The predicted molar refractivity (Wildman–Crippen MR) is 132 cm³/mol. The highest BCUT2D eigenvalue weighted by Gasteiger charge is 2.22. The molecule has 1 amide bonds. The Kier molecular flexibility index (Phi) is 7.99. The van der Waals surface area contributed by atoms with Crippen LogP contribution in [0.2, 0.25) is 0 Å². The first-order chi connectivity index (χ1) is 16.8. The van der Waals surface area contributed by atoms with Gasteiger partial charge in [0.15, 0.2) is 17.4 Å². The van der Waals surface area contributed by atoms with Gasteiger partial charge in [0.1, 0.15) is 5.58 Å². The Morgan fingerprint density at radius 1 is 1.11 bits per heavy atom. The van der Waals surface area contributed by atoms with Crippen molar-refractivity contribution in [1.82, 2.24) is 9.80 Å². The predicted octanol–water partition coefficient (Wildman–Crippen LogP) is 3.55. The van der Waals surface area contributed by atoms with Crippen LogP contribution in [0.15, 0.2) is 39.5 Å². The van der Waals surface area contributed by atoms with E-state index in [2.05, 4.69) is 4.72 Å². The average molecular weight is 524 g/mol. The fourth-order valence-electron chi connectivity index (χ4n) is 3.47. The van der Waals surface area contributed by atoms with Gasteiger partial charge in [-0.05, 0) is 44.3 Å². The second-order valence-electron chi connectivity index (χ2n) is 8.59. The highest BCUT2D eigenvalue weighted by atomic mass is 32.2. The normalized spacial score (nSPS) is 11.7. The number of sulfonamides is 1. The van der Waals surface area contributed by atoms with E-state index in [4.69, 9.17) is 9.15 Å². The minimum atomic E-state index is -3.73. The van der Waals surface area contributed by atoms with E-state index in [9.17, 15) is 22.4 Å². The molecule has 9 nitrogen and oxygen atoms in total. The van der Waals surface area contributed by atoms with Gasteiger partial charge >= 0.3 is 11.7 Å². The van der Waals surface area contributed by atoms with Crippen molar-refractivity contribution in [1.29, 1.82) is 0 Å². The van der Waals surface area contributed by atoms with Gasteiger partial charge in [-0.15, -0.1) is 0 Å². The van der Waals surface area contributed by atoms with Crippen LogP contribution in [0.1, 0.15) is 23.6 Å². The van der Waals surface area contributed by atoms with E-state index in [0.29, 0.717) is 5.56 Å². The van der Waals surface area contributed by atoms with Gasteiger partial charge in [0.25, 0.3) is 0 Å². The molecule has 0 fully saturated rings. The van der Waals surface area contributed by atoms with Crippen molar-refractivity contribution in [3.8, 4) is 5.75 Å². The molecule has 0 aliphatic carbocycles. The summed E-state index contributed by atoms with van der Waals surface area (Å²) < 4.78 is 66.5. The van der Waals surface area contributed by atoms with E-state index < -0.39 is 39.1 Å². The molecule has 194 valence electrons. The summed E-state index contributed by atoms with van der Waals surface area (Å²) in [4.78, 5) is 27.7. The SMILES string of the molecule is CCS(=O)(=O)Nc1cccc(Cc2c(CN(C)C)c3cc(F)c(OC(=O)N(C)C)cc3oc2=O)c1F. The fourth-order valence-corrected chi connectivity index (χ4v) is 4.10. The van der Waals surface area contributed by atoms with Crippen LogP contribution < -0.4 is 15.1 Å². The summed E-state index contributed by atoms with van der Waals surface area (Å²) in [6.45, 7) is 1.61. The summed E-state index contributed by atoms with van der Waals surface area (Å²) in [6.07, 6.45) is -1.04. The maximum atomic E-state index is 15.2. The second kappa shape index (κ2) is 10.6. The van der Waals surface area contributed by atoms with Crippen molar-refractivity contribution in [2.45, 2.75) is 19.9 Å². The van der Waals surface area contributed by atoms with Gasteiger partial charge in [0, 0.05) is 44.1 Å². The lowest BCUT2D eigenvalue weighted by Gasteiger charge is -2.17. The van der Waals surface area contributed by atoms with Crippen molar-refractivity contribution in [2.24, 2.45) is 0 Å². The van der Waals surface area contributed by atoms with E-state index in [0.717, 1.165) is 17.0 Å². The topological polar surface area (TPSA) is 109 Å². The van der Waals surface area contributed by atoms with Crippen molar-refractivity contribution in [3.63, 3.8) is 0 Å². The molecule has 12 heteroatoms. The third-order valence-corrected chi connectivity index (χ3v) is 6.59. The summed E-state index contributed by atoms with van der Waals surface area (Å²) >= 11 is 0. The number of carbonyl (C=O) groups excluding carboxylic acids is 1. The Labute approximate surface area is 207 Å². The molecule has 0 spiro atoms. The molecule has 1 heterocycles. The molecular weight excluding hydrogens is 496 g/mol. The fraction of sp³-hybridized carbons (Fsp3) is 0.333. The van der Waals surface area contributed by atoms with E-state index >= 15 is 4.39 Å². The Balaban J connectivity index is 2.14. The van der Waals surface area contributed by atoms with Crippen LogP contribution >= 0.6 is 0 Å². The average Bonchev–Trinajstić information content (AvgIpc) is 2.79. The first-order valence-corrected chi connectivity index (χ1v) is 12.6. The van der Waals surface area contributed by atoms with Crippen LogP contribution in [-0.4, -0.2) is 58.3 Å². The number of amides is 1. The number of rotatable bonds is 8. The van der Waals surface area contributed by atoms with Gasteiger partial charge in [-0.1, -0.05) is 12.1 Å². The highest BCUT2D eigenvalue weighted by Crippen LogP contribution is 2.30. The van der Waals surface area contributed by atoms with E-state index in [1.54, 1.807) is 19.0 Å². The molecule has 0 aliphatic heterocycles. The smallest absolute Gasteiger partial charge is 0.414 e. The van der Waals surface area contributed by atoms with Gasteiger partial charge in [-0.25, -0.2) is 26.8 Å². The van der Waals surface area contributed by atoms with Crippen molar-refractivity contribution < 1.29 is 31.1 Å². The van der Waals surface area contributed by atoms with Crippen LogP contribution in [0.5, 0.6) is 5.75 Å². The summed E-state index contributed by atoms with van der Waals surface area (Å²) in [5, 5.41) is 0.253. The standard InChI is InChI=1S/C24H27F2N3O6S/c1-6-36(32,33)27-19-9-7-8-14(22(19)26)10-16-17(13-28(2)3)15-11-18(25)21(35-24(31)29(4)5)12-20(15)34-23(16)30/h7-9,11-12,27H,6,10,13H2,1-5H3. The number of nitrogens with zero attached hydrogens (tertiary/aromatic N) is 2. The maximum Gasteiger partial charge on any atom is 0.414 e. The van der Waals surface area contributed by atoms with E-state index in [1.807, 2.05) is 0 Å². The highest BCUT2D eigenvalue weighted by molar-refractivity contribution is 7.92. The van der Waals surface area contributed by atoms with Crippen molar-refractivity contribution in [2.75, 3.05) is 38.7 Å². The van der Waals surface area contributed by atoms with Gasteiger partial charge in [0.2, 0.25) is 10.0 Å². The number of nitrogens with one attached hydrogen (secondary N) is 1. The lowest BCUT2D eigenvalue weighted by atomic mass is 9.97. The quantitative estimate of drug-likeness (QED) is 0.450. The molecule has 3 aromatic rings. The Morgan fingerprint density at radius 2 is 1.81 bits per heavy atom. The van der Waals surface area contributed by atoms with Gasteiger partial charge in [0.05, 0.1) is 11.4 Å². The van der Waals surface area contributed by atoms with Crippen LogP contribution in [-0.2, 0) is 23.0 Å². The molecule has 36 heavy (non-hydrogen) atoms. The maximum absolute atomic E-state index is 15.2. The number of carbonyl (C=O) groups is 1. The number of hydrogen-bond donors (Lipinski definition) is 1. The Hall–Kier alpha value is -3.51. The molecule has 0 radical (unpaired) electrons. The van der Waals surface area contributed by atoms with E-state index in [-0.39, 0.29) is 46.5 Å². The minimum absolute atomic E-state index is 0.00603. The minimum Gasteiger partial charge on any atom is -0.422 e. The number of hydrogen-bond acceptors (Lipinski definition) is 7. The zero-order chi connectivity index (χ0) is 26.8. The Morgan fingerprint density at radius 3 is 2.42 bits per heavy atom. The molecule has 1 N–H and O–H groups in total. The van der Waals surface area contributed by atoms with Gasteiger partial charge in [-0.2, -0.15) is 0 Å². The molecule has 0 atom stereocenters. The van der Waals surface area contributed by atoms with Crippen molar-refractivity contribution >= 4 is 32.8 Å². The molecule has 1 aromatic heterocycles. The van der Waals surface area contributed by atoms with E-state index in [1.165, 1.54) is 39.2 Å². The number of fused-ring (bicyclic) bond motifs is 1.